The quantitative estimate of drug-likeness (QED) is 0.724. The molecule has 0 heterocycles. The van der Waals surface area contributed by atoms with Crippen LogP contribution in [0.1, 0.15) is 32.8 Å². The molecule has 1 aromatic rings. The molecule has 22 heavy (non-hydrogen) atoms. The molecule has 0 fully saturated rings. The molecule has 2 unspecified atom stereocenters. The van der Waals surface area contributed by atoms with Crippen molar-refractivity contribution in [1.82, 2.24) is 5.32 Å². The summed E-state index contributed by atoms with van der Waals surface area (Å²) in [6.07, 6.45) is 3.66. The lowest BCUT2D eigenvalue weighted by Gasteiger charge is -2.19. The standard InChI is InChI=1S/C17H23NO4/c1-4-12(3)16(17(20)21)18-15(19)11-8-13-6-9-14(10-7-13)22-5-2/h6-12,16H,4-5H2,1-3H3,(H,18,19)(H,20,21)/b11-8+. The lowest BCUT2D eigenvalue weighted by atomic mass is 9.99. The summed E-state index contributed by atoms with van der Waals surface area (Å²) in [6.45, 7) is 6.20. The number of benzene rings is 1. The number of carbonyl (C=O) groups is 2. The van der Waals surface area contributed by atoms with E-state index in [4.69, 9.17) is 9.84 Å². The van der Waals surface area contributed by atoms with Gasteiger partial charge < -0.3 is 15.2 Å². The Balaban J connectivity index is 2.64. The molecule has 5 nitrogen and oxygen atoms in total. The highest BCUT2D eigenvalue weighted by atomic mass is 16.5. The summed E-state index contributed by atoms with van der Waals surface area (Å²) in [5.41, 5.74) is 0.842. The van der Waals surface area contributed by atoms with Crippen molar-refractivity contribution in [2.24, 2.45) is 5.92 Å². The fourth-order valence-electron chi connectivity index (χ4n) is 1.90. The number of carboxylic acid groups (broad SMARTS) is 1. The van der Waals surface area contributed by atoms with E-state index in [1.807, 2.05) is 38.1 Å². The van der Waals surface area contributed by atoms with Crippen LogP contribution in [0.2, 0.25) is 0 Å². The van der Waals surface area contributed by atoms with Gasteiger partial charge in [-0.3, -0.25) is 4.79 Å². The number of rotatable bonds is 8. The van der Waals surface area contributed by atoms with E-state index in [-0.39, 0.29) is 5.92 Å². The van der Waals surface area contributed by atoms with Crippen molar-refractivity contribution in [3.05, 3.63) is 35.9 Å². The van der Waals surface area contributed by atoms with Crippen molar-refractivity contribution in [2.75, 3.05) is 6.61 Å². The van der Waals surface area contributed by atoms with Gasteiger partial charge in [-0.1, -0.05) is 32.4 Å². The summed E-state index contributed by atoms with van der Waals surface area (Å²) in [6, 6.07) is 6.43. The zero-order chi connectivity index (χ0) is 16.5. The molecule has 0 saturated heterocycles. The number of amides is 1. The van der Waals surface area contributed by atoms with Crippen LogP contribution in [0.15, 0.2) is 30.3 Å². The predicted octanol–water partition coefficient (Wildman–Crippen LogP) is 2.71. The Morgan fingerprint density at radius 2 is 1.91 bits per heavy atom. The van der Waals surface area contributed by atoms with Crippen LogP contribution in [0, 0.1) is 5.92 Å². The smallest absolute Gasteiger partial charge is 0.326 e. The Bertz CT molecular complexity index is 522. The second kappa shape index (κ2) is 8.87. The molecular formula is C17H23NO4. The van der Waals surface area contributed by atoms with Crippen LogP contribution in [0.25, 0.3) is 6.08 Å². The summed E-state index contributed by atoms with van der Waals surface area (Å²) < 4.78 is 5.34. The molecule has 0 spiro atoms. The number of ether oxygens (including phenoxy) is 1. The normalized spacial score (nSPS) is 13.6. The monoisotopic (exact) mass is 305 g/mol. The maximum Gasteiger partial charge on any atom is 0.326 e. The van der Waals surface area contributed by atoms with Crippen molar-refractivity contribution >= 4 is 18.0 Å². The fraction of sp³-hybridized carbons (Fsp3) is 0.412. The average Bonchev–Trinajstić information content (AvgIpc) is 2.51. The highest BCUT2D eigenvalue weighted by Crippen LogP contribution is 2.13. The Labute approximate surface area is 131 Å². The second-order valence-corrected chi connectivity index (χ2v) is 5.05. The van der Waals surface area contributed by atoms with E-state index in [1.165, 1.54) is 6.08 Å². The van der Waals surface area contributed by atoms with Gasteiger partial charge in [-0.2, -0.15) is 0 Å². The van der Waals surface area contributed by atoms with Crippen molar-refractivity contribution in [1.29, 1.82) is 0 Å². The molecule has 0 aliphatic heterocycles. The van der Waals surface area contributed by atoms with Crippen molar-refractivity contribution in [3.8, 4) is 5.75 Å². The molecule has 0 aromatic heterocycles. The van der Waals surface area contributed by atoms with E-state index in [0.717, 1.165) is 11.3 Å². The molecule has 0 saturated carbocycles. The molecule has 1 rings (SSSR count). The molecule has 120 valence electrons. The molecule has 0 bridgehead atoms. The minimum Gasteiger partial charge on any atom is -0.494 e. The first-order chi connectivity index (χ1) is 10.5. The minimum absolute atomic E-state index is 0.125. The van der Waals surface area contributed by atoms with Gasteiger partial charge in [0.2, 0.25) is 5.91 Å². The SMILES string of the molecule is CCOc1ccc(/C=C/C(=O)NC(C(=O)O)C(C)CC)cc1. The summed E-state index contributed by atoms with van der Waals surface area (Å²) >= 11 is 0. The van der Waals surface area contributed by atoms with Gasteiger partial charge in [0.1, 0.15) is 11.8 Å². The lowest BCUT2D eigenvalue weighted by Crippen LogP contribution is -2.44. The van der Waals surface area contributed by atoms with Crippen molar-refractivity contribution in [3.63, 3.8) is 0 Å². The number of carbonyl (C=O) groups excluding carboxylic acids is 1. The van der Waals surface area contributed by atoms with Crippen LogP contribution < -0.4 is 10.1 Å². The zero-order valence-electron chi connectivity index (χ0n) is 13.2. The van der Waals surface area contributed by atoms with Crippen LogP contribution in [0.4, 0.5) is 0 Å². The van der Waals surface area contributed by atoms with E-state index >= 15 is 0 Å². The van der Waals surface area contributed by atoms with Crippen molar-refractivity contribution in [2.45, 2.75) is 33.2 Å². The van der Waals surface area contributed by atoms with Crippen LogP contribution in [0.3, 0.4) is 0 Å². The van der Waals surface area contributed by atoms with E-state index in [9.17, 15) is 9.59 Å². The molecule has 2 atom stereocenters. The van der Waals surface area contributed by atoms with Gasteiger partial charge in [0.25, 0.3) is 0 Å². The van der Waals surface area contributed by atoms with Gasteiger partial charge in [0.05, 0.1) is 6.61 Å². The molecule has 1 amide bonds. The Morgan fingerprint density at radius 3 is 2.41 bits per heavy atom. The highest BCUT2D eigenvalue weighted by molar-refractivity contribution is 5.94. The van der Waals surface area contributed by atoms with Gasteiger partial charge in [0, 0.05) is 6.08 Å². The predicted molar refractivity (Wildman–Crippen MR) is 85.7 cm³/mol. The molecule has 1 aromatic carbocycles. The van der Waals surface area contributed by atoms with Crippen LogP contribution >= 0.6 is 0 Å². The summed E-state index contributed by atoms with van der Waals surface area (Å²) in [4.78, 5) is 23.0. The summed E-state index contributed by atoms with van der Waals surface area (Å²) in [5.74, 6) is -0.786. The van der Waals surface area contributed by atoms with Gasteiger partial charge in [-0.05, 0) is 36.6 Å². The Hall–Kier alpha value is -2.30. The third-order valence-corrected chi connectivity index (χ3v) is 3.40. The first kappa shape index (κ1) is 17.8. The average molecular weight is 305 g/mol. The zero-order valence-corrected chi connectivity index (χ0v) is 13.2. The molecule has 0 aliphatic carbocycles. The first-order valence-corrected chi connectivity index (χ1v) is 7.42. The third kappa shape index (κ3) is 5.60. The van der Waals surface area contributed by atoms with Gasteiger partial charge in [-0.15, -0.1) is 0 Å². The number of aliphatic carboxylic acids is 1. The van der Waals surface area contributed by atoms with E-state index in [1.54, 1.807) is 13.0 Å². The largest absolute Gasteiger partial charge is 0.494 e. The van der Waals surface area contributed by atoms with E-state index < -0.39 is 17.9 Å². The first-order valence-electron chi connectivity index (χ1n) is 7.42. The summed E-state index contributed by atoms with van der Waals surface area (Å²) in [5, 5.41) is 11.7. The maximum atomic E-state index is 11.8. The molecule has 5 heteroatoms. The minimum atomic E-state index is -1.02. The highest BCUT2D eigenvalue weighted by Gasteiger charge is 2.24. The fourth-order valence-corrected chi connectivity index (χ4v) is 1.90. The van der Waals surface area contributed by atoms with Crippen LogP contribution in [0.5, 0.6) is 5.75 Å². The van der Waals surface area contributed by atoms with E-state index in [0.29, 0.717) is 13.0 Å². The number of hydrogen-bond donors (Lipinski definition) is 2. The summed E-state index contributed by atoms with van der Waals surface area (Å²) in [7, 11) is 0. The number of hydrogen-bond acceptors (Lipinski definition) is 3. The Kier molecular flexibility index (Phi) is 7.16. The van der Waals surface area contributed by atoms with Gasteiger partial charge in [-0.25, -0.2) is 4.79 Å². The third-order valence-electron chi connectivity index (χ3n) is 3.40. The molecule has 0 radical (unpaired) electrons. The van der Waals surface area contributed by atoms with Crippen LogP contribution in [-0.4, -0.2) is 29.6 Å². The lowest BCUT2D eigenvalue weighted by molar-refractivity contribution is -0.142. The maximum absolute atomic E-state index is 11.8. The second-order valence-electron chi connectivity index (χ2n) is 5.05. The molecule has 2 N–H and O–H groups in total. The molecular weight excluding hydrogens is 282 g/mol. The van der Waals surface area contributed by atoms with Gasteiger partial charge in [0.15, 0.2) is 0 Å². The Morgan fingerprint density at radius 1 is 1.27 bits per heavy atom. The topological polar surface area (TPSA) is 75.6 Å². The molecule has 0 aliphatic rings. The van der Waals surface area contributed by atoms with Crippen molar-refractivity contribution < 1.29 is 19.4 Å². The number of nitrogens with one attached hydrogen (secondary N) is 1. The van der Waals surface area contributed by atoms with Gasteiger partial charge >= 0.3 is 5.97 Å². The van der Waals surface area contributed by atoms with Crippen LogP contribution in [-0.2, 0) is 9.59 Å². The van der Waals surface area contributed by atoms with E-state index in [2.05, 4.69) is 5.32 Å². The number of carboxylic acids is 1.